The Labute approximate surface area is 122 Å². The molecule has 0 aliphatic carbocycles. The molecule has 1 amide bonds. The van der Waals surface area contributed by atoms with Crippen molar-refractivity contribution in [2.24, 2.45) is 5.14 Å². The van der Waals surface area contributed by atoms with Crippen LogP contribution in [0.3, 0.4) is 0 Å². The van der Waals surface area contributed by atoms with Crippen LogP contribution in [0.1, 0.15) is 6.42 Å². The molecule has 0 fully saturated rings. The fourth-order valence-electron chi connectivity index (χ4n) is 1.85. The fourth-order valence-corrected chi connectivity index (χ4v) is 2.54. The Balaban J connectivity index is 2.37. The van der Waals surface area contributed by atoms with Crippen LogP contribution in [-0.4, -0.2) is 33.0 Å². The summed E-state index contributed by atoms with van der Waals surface area (Å²) >= 11 is 0. The summed E-state index contributed by atoms with van der Waals surface area (Å²) in [6.07, 6.45) is 1.68. The molecule has 0 spiro atoms. The number of primary sulfonamides is 1. The number of sulfonamides is 1. The number of fused-ring (bicyclic) bond motifs is 1. The molecule has 0 aliphatic heterocycles. The van der Waals surface area contributed by atoms with Crippen molar-refractivity contribution in [1.82, 2.24) is 10.3 Å². The maximum absolute atomic E-state index is 11.5. The van der Waals surface area contributed by atoms with Crippen molar-refractivity contribution in [1.29, 1.82) is 0 Å². The van der Waals surface area contributed by atoms with Crippen molar-refractivity contribution in [3.8, 4) is 5.75 Å². The van der Waals surface area contributed by atoms with Crippen LogP contribution in [0.4, 0.5) is 0 Å². The molecule has 8 heteroatoms. The molecule has 0 aliphatic rings. The number of aromatic nitrogens is 1. The average molecular weight is 309 g/mol. The third kappa shape index (κ3) is 3.47. The molecular weight excluding hydrogens is 294 g/mol. The summed E-state index contributed by atoms with van der Waals surface area (Å²) < 4.78 is 28.6. The van der Waals surface area contributed by atoms with Gasteiger partial charge in [-0.25, -0.2) is 13.6 Å². The number of rotatable bonds is 5. The molecule has 0 radical (unpaired) electrons. The van der Waals surface area contributed by atoms with Gasteiger partial charge in [0.05, 0.1) is 18.5 Å². The average Bonchev–Trinajstić information content (AvgIpc) is 2.45. The number of nitrogens with one attached hydrogen (secondary N) is 1. The van der Waals surface area contributed by atoms with Crippen LogP contribution < -0.4 is 15.2 Å². The molecule has 1 aromatic heterocycles. The number of nitrogens with two attached hydrogens (primary N) is 1. The first-order valence-electron chi connectivity index (χ1n) is 6.17. The van der Waals surface area contributed by atoms with Crippen LogP contribution in [0.5, 0.6) is 5.75 Å². The molecule has 0 saturated heterocycles. The van der Waals surface area contributed by atoms with E-state index in [0.29, 0.717) is 11.1 Å². The predicted molar refractivity (Wildman–Crippen MR) is 77.3 cm³/mol. The number of nitrogens with zero attached hydrogens (tertiary/aromatic N) is 1. The van der Waals surface area contributed by atoms with Gasteiger partial charge in [0.1, 0.15) is 10.6 Å². The standard InChI is InChI=1S/C13H15N3O4S/c1-15-12(17)6-8-20-10-4-5-11(21(14,18)19)13-9(10)3-2-7-16-13/h2-5,7H,6,8H2,1H3,(H,15,17)(H2,14,18,19). The highest BCUT2D eigenvalue weighted by Gasteiger charge is 2.16. The third-order valence-electron chi connectivity index (χ3n) is 2.86. The van der Waals surface area contributed by atoms with Gasteiger partial charge in [-0.2, -0.15) is 0 Å². The van der Waals surface area contributed by atoms with Gasteiger partial charge in [0, 0.05) is 18.6 Å². The second kappa shape index (κ2) is 6.06. The molecule has 0 bridgehead atoms. The van der Waals surface area contributed by atoms with Crippen molar-refractivity contribution in [2.45, 2.75) is 11.3 Å². The SMILES string of the molecule is CNC(=O)CCOc1ccc(S(N)(=O)=O)c2ncccc12. The number of carbonyl (C=O) groups excluding carboxylic acids is 1. The summed E-state index contributed by atoms with van der Waals surface area (Å²) in [5.74, 6) is 0.313. The number of carbonyl (C=O) groups is 1. The highest BCUT2D eigenvalue weighted by molar-refractivity contribution is 7.89. The molecule has 0 unspecified atom stereocenters. The van der Waals surface area contributed by atoms with Crippen LogP contribution in [0, 0.1) is 0 Å². The summed E-state index contributed by atoms with van der Waals surface area (Å²) in [5.41, 5.74) is 0.248. The zero-order chi connectivity index (χ0) is 15.5. The van der Waals surface area contributed by atoms with Crippen molar-refractivity contribution in [2.75, 3.05) is 13.7 Å². The molecule has 1 heterocycles. The van der Waals surface area contributed by atoms with E-state index in [1.165, 1.54) is 18.3 Å². The van der Waals surface area contributed by atoms with E-state index < -0.39 is 10.0 Å². The van der Waals surface area contributed by atoms with Gasteiger partial charge in [-0.1, -0.05) is 0 Å². The van der Waals surface area contributed by atoms with Crippen molar-refractivity contribution >= 4 is 26.8 Å². The lowest BCUT2D eigenvalue weighted by Crippen LogP contribution is -2.20. The van der Waals surface area contributed by atoms with E-state index in [4.69, 9.17) is 9.88 Å². The molecular formula is C13H15N3O4S. The first-order valence-corrected chi connectivity index (χ1v) is 7.72. The van der Waals surface area contributed by atoms with Crippen molar-refractivity contribution in [3.05, 3.63) is 30.5 Å². The Morgan fingerprint density at radius 3 is 2.81 bits per heavy atom. The highest BCUT2D eigenvalue weighted by Crippen LogP contribution is 2.29. The van der Waals surface area contributed by atoms with E-state index in [1.54, 1.807) is 19.2 Å². The molecule has 0 atom stereocenters. The fraction of sp³-hybridized carbons (Fsp3) is 0.231. The zero-order valence-corrected chi connectivity index (χ0v) is 12.2. The molecule has 2 rings (SSSR count). The number of ether oxygens (including phenoxy) is 1. The van der Waals surface area contributed by atoms with E-state index in [2.05, 4.69) is 10.3 Å². The number of benzene rings is 1. The second-order valence-electron chi connectivity index (χ2n) is 4.28. The van der Waals surface area contributed by atoms with E-state index >= 15 is 0 Å². The Kier molecular flexibility index (Phi) is 4.39. The van der Waals surface area contributed by atoms with Crippen molar-refractivity contribution < 1.29 is 17.9 Å². The van der Waals surface area contributed by atoms with E-state index in [0.717, 1.165) is 0 Å². The van der Waals surface area contributed by atoms with Gasteiger partial charge in [0.25, 0.3) is 0 Å². The summed E-state index contributed by atoms with van der Waals surface area (Å²) in [5, 5.41) is 8.19. The monoisotopic (exact) mass is 309 g/mol. The number of amides is 1. The van der Waals surface area contributed by atoms with Crippen LogP contribution in [0.25, 0.3) is 10.9 Å². The molecule has 7 nitrogen and oxygen atoms in total. The number of hydrogen-bond donors (Lipinski definition) is 2. The first kappa shape index (κ1) is 15.2. The topological polar surface area (TPSA) is 111 Å². The number of hydrogen-bond acceptors (Lipinski definition) is 5. The first-order chi connectivity index (χ1) is 9.93. The smallest absolute Gasteiger partial charge is 0.240 e. The summed E-state index contributed by atoms with van der Waals surface area (Å²) in [7, 11) is -2.32. The quantitative estimate of drug-likeness (QED) is 0.830. The largest absolute Gasteiger partial charge is 0.492 e. The summed E-state index contributed by atoms with van der Waals surface area (Å²) in [4.78, 5) is 15.1. The molecule has 112 valence electrons. The Hall–Kier alpha value is -2.19. The molecule has 2 aromatic rings. The Bertz CT molecular complexity index is 774. The molecule has 0 saturated carbocycles. The van der Waals surface area contributed by atoms with Crippen LogP contribution in [0.2, 0.25) is 0 Å². The second-order valence-corrected chi connectivity index (χ2v) is 5.81. The van der Waals surface area contributed by atoms with Crippen molar-refractivity contribution in [3.63, 3.8) is 0 Å². The van der Waals surface area contributed by atoms with Gasteiger partial charge >= 0.3 is 0 Å². The van der Waals surface area contributed by atoms with E-state index in [9.17, 15) is 13.2 Å². The summed E-state index contributed by atoms with van der Waals surface area (Å²) in [6.45, 7) is 0.179. The maximum Gasteiger partial charge on any atom is 0.240 e. The predicted octanol–water partition coefficient (Wildman–Crippen LogP) is 0.397. The summed E-state index contributed by atoms with van der Waals surface area (Å²) in [6, 6.07) is 6.21. The van der Waals surface area contributed by atoms with Gasteiger partial charge in [0.15, 0.2) is 0 Å². The minimum absolute atomic E-state index is 0.0586. The lowest BCUT2D eigenvalue weighted by molar-refractivity contribution is -0.121. The number of pyridine rings is 1. The van der Waals surface area contributed by atoms with Gasteiger partial charge in [-0.3, -0.25) is 9.78 Å². The lowest BCUT2D eigenvalue weighted by atomic mass is 10.2. The maximum atomic E-state index is 11.5. The lowest BCUT2D eigenvalue weighted by Gasteiger charge is -2.10. The van der Waals surface area contributed by atoms with Gasteiger partial charge in [-0.05, 0) is 24.3 Å². The minimum atomic E-state index is -3.87. The third-order valence-corrected chi connectivity index (χ3v) is 3.81. The van der Waals surface area contributed by atoms with E-state index in [-0.39, 0.29) is 29.3 Å². The molecule has 1 aromatic carbocycles. The Morgan fingerprint density at radius 2 is 2.14 bits per heavy atom. The van der Waals surface area contributed by atoms with Crippen LogP contribution in [-0.2, 0) is 14.8 Å². The van der Waals surface area contributed by atoms with Gasteiger partial charge in [-0.15, -0.1) is 0 Å². The highest BCUT2D eigenvalue weighted by atomic mass is 32.2. The minimum Gasteiger partial charge on any atom is -0.492 e. The Morgan fingerprint density at radius 1 is 1.38 bits per heavy atom. The molecule has 3 N–H and O–H groups in total. The van der Waals surface area contributed by atoms with E-state index in [1.807, 2.05) is 0 Å². The van der Waals surface area contributed by atoms with Crippen LogP contribution >= 0.6 is 0 Å². The normalized spacial score (nSPS) is 11.3. The van der Waals surface area contributed by atoms with Crippen LogP contribution in [0.15, 0.2) is 35.4 Å². The zero-order valence-electron chi connectivity index (χ0n) is 11.4. The van der Waals surface area contributed by atoms with Gasteiger partial charge < -0.3 is 10.1 Å². The molecule has 21 heavy (non-hydrogen) atoms. The van der Waals surface area contributed by atoms with Gasteiger partial charge in [0.2, 0.25) is 15.9 Å².